The molecule has 0 bridgehead atoms. The second-order valence-electron chi connectivity index (χ2n) is 5.57. The molecule has 0 spiro atoms. The van der Waals surface area contributed by atoms with Crippen LogP contribution in [0.5, 0.6) is 0 Å². The lowest BCUT2D eigenvalue weighted by atomic mass is 10.00. The molecule has 2 rings (SSSR count). The first-order chi connectivity index (χ1) is 10.0. The minimum Gasteiger partial charge on any atom is -0.372 e. The fraction of sp³-hybridized carbons (Fsp3) is 0.375. The summed E-state index contributed by atoms with van der Waals surface area (Å²) in [5.74, 6) is 0.190. The molecule has 1 aromatic rings. The highest BCUT2D eigenvalue weighted by molar-refractivity contribution is 6.05. The second kappa shape index (κ2) is 6.43. The Morgan fingerprint density at radius 1 is 1.43 bits per heavy atom. The quantitative estimate of drug-likeness (QED) is 0.728. The molecule has 1 heterocycles. The molecule has 0 saturated heterocycles. The van der Waals surface area contributed by atoms with Gasteiger partial charge in [-0.15, -0.1) is 6.58 Å². The molecular formula is C16H21N3O2. The molecule has 5 nitrogen and oxygen atoms in total. The van der Waals surface area contributed by atoms with Crippen LogP contribution in [0.3, 0.4) is 0 Å². The van der Waals surface area contributed by atoms with Crippen LogP contribution >= 0.6 is 0 Å². The first-order valence-corrected chi connectivity index (χ1v) is 7.11. The van der Waals surface area contributed by atoms with E-state index in [1.54, 1.807) is 18.2 Å². The van der Waals surface area contributed by atoms with Gasteiger partial charge < -0.3 is 16.0 Å². The molecule has 5 heteroatoms. The van der Waals surface area contributed by atoms with Crippen molar-refractivity contribution in [3.8, 4) is 0 Å². The topological polar surface area (TPSA) is 70.2 Å². The largest absolute Gasteiger partial charge is 0.372 e. The number of nitrogens with one attached hydrogen (secondary N) is 3. The van der Waals surface area contributed by atoms with Gasteiger partial charge in [0.25, 0.3) is 5.91 Å². The van der Waals surface area contributed by atoms with Crippen molar-refractivity contribution >= 4 is 23.2 Å². The van der Waals surface area contributed by atoms with Crippen LogP contribution in [0.25, 0.3) is 0 Å². The van der Waals surface area contributed by atoms with E-state index in [0.717, 1.165) is 12.1 Å². The van der Waals surface area contributed by atoms with Crippen LogP contribution in [0.2, 0.25) is 0 Å². The van der Waals surface area contributed by atoms with E-state index < -0.39 is 0 Å². The van der Waals surface area contributed by atoms with Gasteiger partial charge in [0.2, 0.25) is 5.91 Å². The highest BCUT2D eigenvalue weighted by atomic mass is 16.2. The summed E-state index contributed by atoms with van der Waals surface area (Å²) < 4.78 is 0. The maximum absolute atomic E-state index is 12.1. The van der Waals surface area contributed by atoms with Crippen LogP contribution in [0.15, 0.2) is 30.9 Å². The molecule has 1 aliphatic rings. The zero-order chi connectivity index (χ0) is 15.4. The van der Waals surface area contributed by atoms with Crippen molar-refractivity contribution in [3.63, 3.8) is 0 Å². The molecule has 1 unspecified atom stereocenters. The lowest BCUT2D eigenvalue weighted by molar-refractivity contribution is -0.117. The SMILES string of the molecule is C=CCNC(=O)c1ccc2c(c1)NC(=O)C(CC(C)C)N2. The summed E-state index contributed by atoms with van der Waals surface area (Å²) in [7, 11) is 0. The summed E-state index contributed by atoms with van der Waals surface area (Å²) in [4.78, 5) is 23.9. The Kier molecular flexibility index (Phi) is 4.62. The molecule has 1 atom stereocenters. The van der Waals surface area contributed by atoms with Crippen molar-refractivity contribution in [3.05, 3.63) is 36.4 Å². The van der Waals surface area contributed by atoms with Gasteiger partial charge in [-0.2, -0.15) is 0 Å². The Morgan fingerprint density at radius 2 is 2.19 bits per heavy atom. The molecule has 0 saturated carbocycles. The van der Waals surface area contributed by atoms with Gasteiger partial charge in [0.05, 0.1) is 11.4 Å². The minimum absolute atomic E-state index is 0.0557. The maximum Gasteiger partial charge on any atom is 0.251 e. The van der Waals surface area contributed by atoms with Crippen molar-refractivity contribution in [1.82, 2.24) is 5.32 Å². The van der Waals surface area contributed by atoms with Crippen molar-refractivity contribution < 1.29 is 9.59 Å². The monoisotopic (exact) mass is 287 g/mol. The van der Waals surface area contributed by atoms with Crippen LogP contribution in [0.1, 0.15) is 30.6 Å². The lowest BCUT2D eigenvalue weighted by Crippen LogP contribution is -2.39. The summed E-state index contributed by atoms with van der Waals surface area (Å²) >= 11 is 0. The molecule has 21 heavy (non-hydrogen) atoms. The Labute approximate surface area is 124 Å². The molecule has 1 aromatic carbocycles. The predicted octanol–water partition coefficient (Wildman–Crippen LogP) is 2.38. The highest BCUT2D eigenvalue weighted by Crippen LogP contribution is 2.29. The predicted molar refractivity (Wildman–Crippen MR) is 84.5 cm³/mol. The van der Waals surface area contributed by atoms with Crippen molar-refractivity contribution in [2.75, 3.05) is 17.2 Å². The number of fused-ring (bicyclic) bond motifs is 1. The van der Waals surface area contributed by atoms with Gasteiger partial charge >= 0.3 is 0 Å². The number of hydrogen-bond acceptors (Lipinski definition) is 3. The third kappa shape index (κ3) is 3.62. The van der Waals surface area contributed by atoms with E-state index >= 15 is 0 Å². The Balaban J connectivity index is 2.15. The van der Waals surface area contributed by atoms with Crippen LogP contribution in [-0.2, 0) is 4.79 Å². The number of rotatable bonds is 5. The van der Waals surface area contributed by atoms with Gasteiger partial charge in [-0.3, -0.25) is 9.59 Å². The second-order valence-corrected chi connectivity index (χ2v) is 5.57. The smallest absolute Gasteiger partial charge is 0.251 e. The lowest BCUT2D eigenvalue weighted by Gasteiger charge is -2.28. The van der Waals surface area contributed by atoms with Gasteiger partial charge in [-0.25, -0.2) is 0 Å². The van der Waals surface area contributed by atoms with Gasteiger partial charge in [-0.1, -0.05) is 19.9 Å². The molecule has 2 amide bonds. The van der Waals surface area contributed by atoms with Gasteiger partial charge in [-0.05, 0) is 30.5 Å². The number of benzene rings is 1. The molecule has 0 aliphatic carbocycles. The highest BCUT2D eigenvalue weighted by Gasteiger charge is 2.26. The number of anilines is 2. The first-order valence-electron chi connectivity index (χ1n) is 7.11. The fourth-order valence-electron chi connectivity index (χ4n) is 2.29. The summed E-state index contributed by atoms with van der Waals surface area (Å²) in [5, 5.41) is 8.80. The number of amides is 2. The molecule has 0 fully saturated rings. The van der Waals surface area contributed by atoms with E-state index in [2.05, 4.69) is 36.4 Å². The third-order valence-electron chi connectivity index (χ3n) is 3.30. The normalized spacial score (nSPS) is 16.7. The standard InChI is InChI=1S/C16H21N3O2/c1-4-7-17-15(20)11-5-6-12-13(9-11)19-16(21)14(18-12)8-10(2)3/h4-6,9-10,14,18H,1,7-8H2,2-3H3,(H,17,20)(H,19,21). The van der Waals surface area contributed by atoms with Gasteiger partial charge in [0.1, 0.15) is 6.04 Å². The van der Waals surface area contributed by atoms with Crippen LogP contribution < -0.4 is 16.0 Å². The van der Waals surface area contributed by atoms with E-state index in [9.17, 15) is 9.59 Å². The van der Waals surface area contributed by atoms with E-state index in [0.29, 0.717) is 23.7 Å². The summed E-state index contributed by atoms with van der Waals surface area (Å²) in [5.41, 5.74) is 2.01. The van der Waals surface area contributed by atoms with Gasteiger partial charge in [0, 0.05) is 12.1 Å². The molecule has 112 valence electrons. The van der Waals surface area contributed by atoms with Crippen LogP contribution in [0, 0.1) is 5.92 Å². The molecule has 1 aliphatic heterocycles. The van der Waals surface area contributed by atoms with E-state index in [1.807, 2.05) is 6.07 Å². The van der Waals surface area contributed by atoms with E-state index in [4.69, 9.17) is 0 Å². The van der Waals surface area contributed by atoms with E-state index in [1.165, 1.54) is 0 Å². The zero-order valence-electron chi connectivity index (χ0n) is 12.4. The number of hydrogen-bond donors (Lipinski definition) is 3. The molecular weight excluding hydrogens is 266 g/mol. The zero-order valence-corrected chi connectivity index (χ0v) is 12.4. The van der Waals surface area contributed by atoms with Crippen molar-refractivity contribution in [2.24, 2.45) is 5.92 Å². The molecule has 0 radical (unpaired) electrons. The molecule has 3 N–H and O–H groups in total. The number of carbonyl (C=O) groups excluding carboxylic acids is 2. The average molecular weight is 287 g/mol. The average Bonchev–Trinajstić information content (AvgIpc) is 2.44. The third-order valence-corrected chi connectivity index (χ3v) is 3.30. The molecule has 0 aromatic heterocycles. The van der Waals surface area contributed by atoms with Crippen molar-refractivity contribution in [2.45, 2.75) is 26.3 Å². The Bertz CT molecular complexity index is 567. The summed E-state index contributed by atoms with van der Waals surface area (Å²) in [6.07, 6.45) is 2.39. The number of carbonyl (C=O) groups is 2. The summed E-state index contributed by atoms with van der Waals surface area (Å²) in [6.45, 7) is 8.13. The first kappa shape index (κ1) is 15.1. The van der Waals surface area contributed by atoms with Crippen molar-refractivity contribution in [1.29, 1.82) is 0 Å². The minimum atomic E-state index is -0.224. The summed E-state index contributed by atoms with van der Waals surface area (Å²) in [6, 6.07) is 5.03. The van der Waals surface area contributed by atoms with Crippen LogP contribution in [-0.4, -0.2) is 24.4 Å². The maximum atomic E-state index is 12.1. The Hall–Kier alpha value is -2.30. The van der Waals surface area contributed by atoms with Gasteiger partial charge in [0.15, 0.2) is 0 Å². The van der Waals surface area contributed by atoms with Crippen LogP contribution in [0.4, 0.5) is 11.4 Å². The van der Waals surface area contributed by atoms with E-state index in [-0.39, 0.29) is 17.9 Å². The fourth-order valence-corrected chi connectivity index (χ4v) is 2.29. The Morgan fingerprint density at radius 3 is 2.86 bits per heavy atom.